The van der Waals surface area contributed by atoms with Gasteiger partial charge in [0.15, 0.2) is 0 Å². The van der Waals surface area contributed by atoms with Crippen LogP contribution < -0.4 is 4.74 Å². The van der Waals surface area contributed by atoms with Gasteiger partial charge in [0.05, 0.1) is 13.0 Å². The largest absolute Gasteiger partial charge is 0.493 e. The van der Waals surface area contributed by atoms with Crippen LogP contribution in [0.25, 0.3) is 0 Å². The Labute approximate surface area is 110 Å². The summed E-state index contributed by atoms with van der Waals surface area (Å²) in [6, 6.07) is 5.42. The summed E-state index contributed by atoms with van der Waals surface area (Å²) in [4.78, 5) is 15.5. The molecule has 0 radical (unpaired) electrons. The molecular weight excluding hydrogens is 252 g/mol. The standard InChI is InChI=1S/C13H13ClN2O2/c1-10-8-11(2-3-12(10)14)18-7-4-13(17)16-6-5-15-9-16/h2-3,5-6,8-9H,4,7H2,1H3. The lowest BCUT2D eigenvalue weighted by atomic mass is 10.2. The van der Waals surface area contributed by atoms with E-state index in [0.29, 0.717) is 18.1 Å². The van der Waals surface area contributed by atoms with Gasteiger partial charge in [-0.05, 0) is 30.7 Å². The van der Waals surface area contributed by atoms with Crippen LogP contribution in [-0.4, -0.2) is 22.1 Å². The number of aryl methyl sites for hydroxylation is 1. The summed E-state index contributed by atoms with van der Waals surface area (Å²) in [5.74, 6) is 0.675. The predicted molar refractivity (Wildman–Crippen MR) is 69.2 cm³/mol. The van der Waals surface area contributed by atoms with Gasteiger partial charge in [-0.2, -0.15) is 0 Å². The van der Waals surface area contributed by atoms with Gasteiger partial charge in [-0.1, -0.05) is 11.6 Å². The maximum absolute atomic E-state index is 11.6. The quantitative estimate of drug-likeness (QED) is 0.853. The fourth-order valence-corrected chi connectivity index (χ4v) is 1.62. The zero-order chi connectivity index (χ0) is 13.0. The van der Waals surface area contributed by atoms with Gasteiger partial charge in [0, 0.05) is 17.4 Å². The van der Waals surface area contributed by atoms with Gasteiger partial charge < -0.3 is 4.74 Å². The van der Waals surface area contributed by atoms with E-state index in [9.17, 15) is 4.79 Å². The number of hydrogen-bond donors (Lipinski definition) is 0. The molecule has 5 heteroatoms. The number of rotatable bonds is 4. The van der Waals surface area contributed by atoms with Gasteiger partial charge in [0.2, 0.25) is 5.91 Å². The summed E-state index contributed by atoms with van der Waals surface area (Å²) in [6.07, 6.45) is 4.98. The monoisotopic (exact) mass is 264 g/mol. The number of benzene rings is 1. The van der Waals surface area contributed by atoms with Gasteiger partial charge in [-0.3, -0.25) is 9.36 Å². The van der Waals surface area contributed by atoms with Crippen LogP contribution in [0.5, 0.6) is 5.75 Å². The van der Waals surface area contributed by atoms with Crippen molar-refractivity contribution in [2.24, 2.45) is 0 Å². The van der Waals surface area contributed by atoms with Crippen LogP contribution in [-0.2, 0) is 0 Å². The molecule has 2 rings (SSSR count). The maximum Gasteiger partial charge on any atom is 0.235 e. The molecule has 0 saturated carbocycles. The number of ether oxygens (including phenoxy) is 1. The second-order valence-corrected chi connectivity index (χ2v) is 4.28. The molecule has 1 aromatic carbocycles. The number of aromatic nitrogens is 2. The lowest BCUT2D eigenvalue weighted by Gasteiger charge is -2.07. The van der Waals surface area contributed by atoms with Crippen LogP contribution >= 0.6 is 11.6 Å². The molecule has 0 amide bonds. The first-order chi connectivity index (χ1) is 8.66. The molecule has 94 valence electrons. The van der Waals surface area contributed by atoms with E-state index < -0.39 is 0 Å². The normalized spacial score (nSPS) is 10.3. The zero-order valence-electron chi connectivity index (χ0n) is 9.97. The summed E-state index contributed by atoms with van der Waals surface area (Å²) in [7, 11) is 0. The molecule has 0 aliphatic carbocycles. The Bertz CT molecular complexity index is 538. The van der Waals surface area contributed by atoms with Crippen LogP contribution in [0.2, 0.25) is 5.02 Å². The number of imidazole rings is 1. The van der Waals surface area contributed by atoms with Crippen molar-refractivity contribution in [3.8, 4) is 5.75 Å². The fraction of sp³-hybridized carbons (Fsp3) is 0.231. The van der Waals surface area contributed by atoms with Crippen molar-refractivity contribution in [1.82, 2.24) is 9.55 Å². The van der Waals surface area contributed by atoms with E-state index in [2.05, 4.69) is 4.98 Å². The molecule has 0 atom stereocenters. The second-order valence-electron chi connectivity index (χ2n) is 3.87. The maximum atomic E-state index is 11.6. The van der Waals surface area contributed by atoms with Crippen molar-refractivity contribution in [2.75, 3.05) is 6.61 Å². The van der Waals surface area contributed by atoms with E-state index in [-0.39, 0.29) is 5.91 Å². The van der Waals surface area contributed by atoms with Crippen LogP contribution in [0.1, 0.15) is 16.8 Å². The molecule has 0 unspecified atom stereocenters. The Balaban J connectivity index is 1.85. The minimum atomic E-state index is -0.0433. The van der Waals surface area contributed by atoms with E-state index in [1.165, 1.54) is 10.9 Å². The van der Waals surface area contributed by atoms with Crippen molar-refractivity contribution in [2.45, 2.75) is 13.3 Å². The molecule has 1 aromatic heterocycles. The summed E-state index contributed by atoms with van der Waals surface area (Å²) < 4.78 is 6.94. The molecule has 0 saturated heterocycles. The van der Waals surface area contributed by atoms with Crippen LogP contribution in [0, 0.1) is 6.92 Å². The highest BCUT2D eigenvalue weighted by atomic mass is 35.5. The van der Waals surface area contributed by atoms with E-state index in [4.69, 9.17) is 16.3 Å². The molecule has 0 aliphatic heterocycles. The van der Waals surface area contributed by atoms with Gasteiger partial charge in [0.25, 0.3) is 0 Å². The van der Waals surface area contributed by atoms with Gasteiger partial charge in [0.1, 0.15) is 12.1 Å². The Morgan fingerprint density at radius 1 is 1.50 bits per heavy atom. The van der Waals surface area contributed by atoms with Crippen LogP contribution in [0.3, 0.4) is 0 Å². The van der Waals surface area contributed by atoms with Crippen molar-refractivity contribution in [1.29, 1.82) is 0 Å². The van der Waals surface area contributed by atoms with E-state index >= 15 is 0 Å². The first-order valence-corrected chi connectivity index (χ1v) is 5.95. The van der Waals surface area contributed by atoms with Gasteiger partial charge in [-0.15, -0.1) is 0 Å². The average molecular weight is 265 g/mol. The van der Waals surface area contributed by atoms with Crippen molar-refractivity contribution < 1.29 is 9.53 Å². The third-order valence-corrected chi connectivity index (χ3v) is 2.93. The second kappa shape index (κ2) is 5.69. The van der Waals surface area contributed by atoms with E-state index in [1.54, 1.807) is 24.5 Å². The predicted octanol–water partition coefficient (Wildman–Crippen LogP) is 2.95. The molecule has 4 nitrogen and oxygen atoms in total. The average Bonchev–Trinajstić information content (AvgIpc) is 2.87. The zero-order valence-corrected chi connectivity index (χ0v) is 10.7. The third-order valence-electron chi connectivity index (χ3n) is 2.51. The number of halogens is 1. The van der Waals surface area contributed by atoms with Crippen molar-refractivity contribution >= 4 is 17.5 Å². The molecule has 2 aromatic rings. The number of nitrogens with zero attached hydrogens (tertiary/aromatic N) is 2. The Morgan fingerprint density at radius 2 is 2.33 bits per heavy atom. The highest BCUT2D eigenvalue weighted by Crippen LogP contribution is 2.21. The lowest BCUT2D eigenvalue weighted by molar-refractivity contribution is 0.0881. The first kappa shape index (κ1) is 12.6. The Hall–Kier alpha value is -1.81. The molecule has 0 N–H and O–H groups in total. The number of hydrogen-bond acceptors (Lipinski definition) is 3. The number of carbonyl (C=O) groups is 1. The van der Waals surface area contributed by atoms with Gasteiger partial charge in [-0.25, -0.2) is 4.98 Å². The summed E-state index contributed by atoms with van der Waals surface area (Å²) >= 11 is 5.91. The Morgan fingerprint density at radius 3 is 3.00 bits per heavy atom. The van der Waals surface area contributed by atoms with Crippen LogP contribution in [0.4, 0.5) is 0 Å². The molecule has 0 bridgehead atoms. The SMILES string of the molecule is Cc1cc(OCCC(=O)n2ccnc2)ccc1Cl. The smallest absolute Gasteiger partial charge is 0.235 e. The first-order valence-electron chi connectivity index (χ1n) is 5.57. The van der Waals surface area contributed by atoms with E-state index in [1.807, 2.05) is 13.0 Å². The summed E-state index contributed by atoms with van der Waals surface area (Å²) in [5, 5.41) is 0.705. The molecule has 18 heavy (non-hydrogen) atoms. The minimum Gasteiger partial charge on any atom is -0.493 e. The summed E-state index contributed by atoms with van der Waals surface area (Å²) in [6.45, 7) is 2.24. The van der Waals surface area contributed by atoms with Crippen molar-refractivity contribution in [3.05, 3.63) is 47.5 Å². The minimum absolute atomic E-state index is 0.0433. The van der Waals surface area contributed by atoms with E-state index in [0.717, 1.165) is 11.3 Å². The molecule has 0 fully saturated rings. The molecule has 0 aliphatic rings. The number of carbonyl (C=O) groups excluding carboxylic acids is 1. The molecule has 1 heterocycles. The molecular formula is C13H13ClN2O2. The fourth-order valence-electron chi connectivity index (χ4n) is 1.50. The molecule has 0 spiro atoms. The topological polar surface area (TPSA) is 44.1 Å². The highest BCUT2D eigenvalue weighted by Gasteiger charge is 2.04. The Kier molecular flexibility index (Phi) is 3.99. The van der Waals surface area contributed by atoms with Gasteiger partial charge >= 0.3 is 0 Å². The third kappa shape index (κ3) is 3.11. The lowest BCUT2D eigenvalue weighted by Crippen LogP contribution is -2.12. The summed E-state index contributed by atoms with van der Waals surface area (Å²) in [5.41, 5.74) is 0.954. The highest BCUT2D eigenvalue weighted by molar-refractivity contribution is 6.31. The van der Waals surface area contributed by atoms with Crippen molar-refractivity contribution in [3.63, 3.8) is 0 Å². The van der Waals surface area contributed by atoms with Crippen LogP contribution in [0.15, 0.2) is 36.9 Å².